The van der Waals surface area contributed by atoms with Gasteiger partial charge in [-0.25, -0.2) is 8.42 Å². The summed E-state index contributed by atoms with van der Waals surface area (Å²) in [4.78, 5) is 12.4. The summed E-state index contributed by atoms with van der Waals surface area (Å²) in [7, 11) is -3.90. The Balaban J connectivity index is 1.92. The van der Waals surface area contributed by atoms with E-state index in [4.69, 9.17) is 16.3 Å². The highest BCUT2D eigenvalue weighted by molar-refractivity contribution is 7.89. The summed E-state index contributed by atoms with van der Waals surface area (Å²) in [6.45, 7) is 0.805. The number of para-hydroxylation sites is 1. The Morgan fingerprint density at radius 2 is 1.76 bits per heavy atom. The van der Waals surface area contributed by atoms with Gasteiger partial charge in [0.05, 0.1) is 39.9 Å². The number of carbonyl (C=O) groups excluding carboxylic acids is 1. The van der Waals surface area contributed by atoms with Crippen molar-refractivity contribution in [1.82, 2.24) is 4.31 Å². The van der Waals surface area contributed by atoms with Gasteiger partial charge in [0.2, 0.25) is 10.0 Å². The molecule has 1 N–H and O–H groups in total. The summed E-state index contributed by atoms with van der Waals surface area (Å²) in [5, 5.41) is 2.07. The average Bonchev–Trinajstić information content (AvgIpc) is 2.68. The Morgan fingerprint density at radius 3 is 2.41 bits per heavy atom. The van der Waals surface area contributed by atoms with E-state index in [1.807, 2.05) is 0 Å². The van der Waals surface area contributed by atoms with Crippen molar-refractivity contribution < 1.29 is 31.1 Å². The molecule has 0 radical (unpaired) electrons. The Kier molecular flexibility index (Phi) is 6.18. The van der Waals surface area contributed by atoms with Crippen molar-refractivity contribution in [2.24, 2.45) is 0 Å². The molecule has 0 spiro atoms. The maximum Gasteiger partial charge on any atom is 0.418 e. The number of morpholine rings is 1. The minimum absolute atomic E-state index is 0.0899. The lowest BCUT2D eigenvalue weighted by atomic mass is 10.1. The van der Waals surface area contributed by atoms with E-state index in [1.54, 1.807) is 0 Å². The number of nitrogens with one attached hydrogen (secondary N) is 1. The minimum Gasteiger partial charge on any atom is -0.379 e. The van der Waals surface area contributed by atoms with E-state index in [9.17, 15) is 26.4 Å². The fourth-order valence-corrected chi connectivity index (χ4v) is 4.44. The molecule has 0 unspecified atom stereocenters. The number of carbonyl (C=O) groups is 1. The van der Waals surface area contributed by atoms with Crippen LogP contribution >= 0.6 is 11.6 Å². The zero-order chi connectivity index (χ0) is 21.2. The average molecular weight is 449 g/mol. The van der Waals surface area contributed by atoms with Crippen LogP contribution in [0.1, 0.15) is 15.9 Å². The first-order valence-electron chi connectivity index (χ1n) is 8.46. The van der Waals surface area contributed by atoms with Crippen LogP contribution in [0.3, 0.4) is 0 Å². The summed E-state index contributed by atoms with van der Waals surface area (Å²) in [6, 6.07) is 7.98. The second-order valence-electron chi connectivity index (χ2n) is 6.16. The Labute approximate surface area is 170 Å². The molecule has 1 saturated heterocycles. The Bertz CT molecular complexity index is 1020. The Hall–Kier alpha value is -2.14. The topological polar surface area (TPSA) is 75.7 Å². The summed E-state index contributed by atoms with van der Waals surface area (Å²) in [5.74, 6) is -0.953. The summed E-state index contributed by atoms with van der Waals surface area (Å²) in [5.41, 5.74) is -1.73. The quantitative estimate of drug-likeness (QED) is 0.775. The van der Waals surface area contributed by atoms with Crippen molar-refractivity contribution in [1.29, 1.82) is 0 Å². The molecule has 2 aromatic carbocycles. The van der Waals surface area contributed by atoms with Crippen LogP contribution in [0.25, 0.3) is 0 Å². The van der Waals surface area contributed by atoms with Gasteiger partial charge in [-0.2, -0.15) is 17.5 Å². The molecule has 1 aliphatic rings. The molecular weight excluding hydrogens is 433 g/mol. The van der Waals surface area contributed by atoms with Gasteiger partial charge < -0.3 is 10.1 Å². The molecule has 1 aliphatic heterocycles. The molecule has 6 nitrogen and oxygen atoms in total. The predicted octanol–water partition coefficient (Wildman–Crippen LogP) is 3.63. The van der Waals surface area contributed by atoms with Gasteiger partial charge in [0.15, 0.2) is 0 Å². The highest BCUT2D eigenvalue weighted by Crippen LogP contribution is 2.35. The maximum atomic E-state index is 13.1. The van der Waals surface area contributed by atoms with E-state index < -0.39 is 33.4 Å². The highest BCUT2D eigenvalue weighted by Gasteiger charge is 2.34. The molecule has 29 heavy (non-hydrogen) atoms. The molecular formula is C18H16ClF3N2O4S. The number of sulfonamides is 1. The zero-order valence-corrected chi connectivity index (χ0v) is 16.4. The van der Waals surface area contributed by atoms with Crippen LogP contribution in [0.15, 0.2) is 47.4 Å². The summed E-state index contributed by atoms with van der Waals surface area (Å²) < 4.78 is 71.3. The fraction of sp³-hybridized carbons (Fsp3) is 0.278. The molecule has 156 valence electrons. The largest absolute Gasteiger partial charge is 0.418 e. The fourth-order valence-electron chi connectivity index (χ4n) is 2.80. The molecule has 0 bridgehead atoms. The van der Waals surface area contributed by atoms with Gasteiger partial charge in [0, 0.05) is 13.1 Å². The molecule has 0 aromatic heterocycles. The van der Waals surface area contributed by atoms with E-state index in [0.29, 0.717) is 0 Å². The van der Waals surface area contributed by atoms with Crippen molar-refractivity contribution in [3.05, 3.63) is 58.6 Å². The number of halogens is 4. The first-order valence-corrected chi connectivity index (χ1v) is 10.3. The lowest BCUT2D eigenvalue weighted by molar-refractivity contribution is -0.136. The van der Waals surface area contributed by atoms with E-state index in [0.717, 1.165) is 18.2 Å². The second kappa shape index (κ2) is 8.31. The van der Waals surface area contributed by atoms with Crippen LogP contribution in [0.2, 0.25) is 5.02 Å². The van der Waals surface area contributed by atoms with Crippen molar-refractivity contribution in [2.45, 2.75) is 11.1 Å². The number of benzene rings is 2. The van der Waals surface area contributed by atoms with Crippen LogP contribution < -0.4 is 5.32 Å². The monoisotopic (exact) mass is 448 g/mol. The van der Waals surface area contributed by atoms with Gasteiger partial charge in [-0.1, -0.05) is 23.7 Å². The van der Waals surface area contributed by atoms with Crippen molar-refractivity contribution in [3.8, 4) is 0 Å². The standard InChI is InChI=1S/C18H16ClF3N2O4S/c19-15-6-5-12(29(26,27)24-7-9-28-10-8-24)11-13(15)17(25)23-16-4-2-1-3-14(16)18(20,21)22/h1-6,11H,7-10H2,(H,23,25). The molecule has 1 heterocycles. The van der Waals surface area contributed by atoms with E-state index in [-0.39, 0.29) is 41.8 Å². The molecule has 1 fully saturated rings. The van der Waals surface area contributed by atoms with Gasteiger partial charge >= 0.3 is 6.18 Å². The van der Waals surface area contributed by atoms with Crippen LogP contribution in [-0.2, 0) is 20.9 Å². The molecule has 1 amide bonds. The second-order valence-corrected chi connectivity index (χ2v) is 8.50. The van der Waals surface area contributed by atoms with Crippen LogP contribution in [-0.4, -0.2) is 44.9 Å². The van der Waals surface area contributed by atoms with Gasteiger partial charge in [0.1, 0.15) is 0 Å². The third kappa shape index (κ3) is 4.72. The number of hydrogen-bond donors (Lipinski definition) is 1. The minimum atomic E-state index is -4.67. The number of amides is 1. The van der Waals surface area contributed by atoms with Crippen molar-refractivity contribution in [2.75, 3.05) is 31.6 Å². The van der Waals surface area contributed by atoms with Crippen LogP contribution in [0, 0.1) is 0 Å². The number of hydrogen-bond acceptors (Lipinski definition) is 4. The molecule has 0 saturated carbocycles. The molecule has 3 rings (SSSR count). The molecule has 0 aliphatic carbocycles. The summed E-state index contributed by atoms with van der Waals surface area (Å²) >= 11 is 6.01. The van der Waals surface area contributed by atoms with Crippen LogP contribution in [0.4, 0.5) is 18.9 Å². The summed E-state index contributed by atoms with van der Waals surface area (Å²) in [6.07, 6.45) is -4.67. The SMILES string of the molecule is O=C(Nc1ccccc1C(F)(F)F)c1cc(S(=O)(=O)N2CCOCC2)ccc1Cl. The first kappa shape index (κ1) is 21.6. The normalized spacial score (nSPS) is 15.9. The lowest BCUT2D eigenvalue weighted by Gasteiger charge is -2.26. The van der Waals surface area contributed by atoms with Gasteiger partial charge in [-0.15, -0.1) is 0 Å². The van der Waals surface area contributed by atoms with Gasteiger partial charge in [-0.3, -0.25) is 4.79 Å². The molecule has 2 aromatic rings. The number of nitrogens with zero attached hydrogens (tertiary/aromatic N) is 1. The van der Waals surface area contributed by atoms with E-state index >= 15 is 0 Å². The zero-order valence-electron chi connectivity index (χ0n) is 14.9. The molecule has 11 heteroatoms. The van der Waals surface area contributed by atoms with Gasteiger partial charge in [0.25, 0.3) is 5.91 Å². The van der Waals surface area contributed by atoms with Crippen molar-refractivity contribution in [3.63, 3.8) is 0 Å². The number of alkyl halides is 3. The van der Waals surface area contributed by atoms with Crippen molar-refractivity contribution >= 4 is 33.2 Å². The van der Waals surface area contributed by atoms with Gasteiger partial charge in [-0.05, 0) is 30.3 Å². The number of ether oxygens (including phenoxy) is 1. The smallest absolute Gasteiger partial charge is 0.379 e. The third-order valence-electron chi connectivity index (χ3n) is 4.27. The maximum absolute atomic E-state index is 13.1. The van der Waals surface area contributed by atoms with E-state index in [2.05, 4.69) is 5.32 Å². The predicted molar refractivity (Wildman–Crippen MR) is 100 cm³/mol. The molecule has 0 atom stereocenters. The van der Waals surface area contributed by atoms with E-state index in [1.165, 1.54) is 28.6 Å². The third-order valence-corrected chi connectivity index (χ3v) is 6.50. The lowest BCUT2D eigenvalue weighted by Crippen LogP contribution is -2.40. The Morgan fingerprint density at radius 1 is 1.10 bits per heavy atom. The number of rotatable bonds is 4. The first-order chi connectivity index (χ1) is 13.6. The highest BCUT2D eigenvalue weighted by atomic mass is 35.5. The number of anilines is 1. The van der Waals surface area contributed by atoms with Crippen LogP contribution in [0.5, 0.6) is 0 Å².